The van der Waals surface area contributed by atoms with Crippen molar-refractivity contribution in [3.63, 3.8) is 0 Å². The highest BCUT2D eigenvalue weighted by Gasteiger charge is 2.48. The number of carboxylic acids is 1. The first-order chi connectivity index (χ1) is 10.1. The van der Waals surface area contributed by atoms with Crippen molar-refractivity contribution in [1.82, 2.24) is 10.8 Å². The van der Waals surface area contributed by atoms with E-state index in [0.717, 1.165) is 0 Å². The van der Waals surface area contributed by atoms with Gasteiger partial charge in [0.2, 0.25) is 5.54 Å². The highest BCUT2D eigenvalue weighted by Crippen LogP contribution is 2.17. The molecule has 1 heterocycles. The van der Waals surface area contributed by atoms with Crippen LogP contribution in [-0.4, -0.2) is 59.1 Å². The highest BCUT2D eigenvalue weighted by atomic mass is 16.7. The van der Waals surface area contributed by atoms with E-state index in [2.05, 4.69) is 15.6 Å². The summed E-state index contributed by atoms with van der Waals surface area (Å²) in [5, 5.41) is 29.3. The minimum atomic E-state index is -2.11. The predicted octanol–water partition coefficient (Wildman–Crippen LogP) is -1.73. The third kappa shape index (κ3) is 4.53. The van der Waals surface area contributed by atoms with E-state index in [-0.39, 0.29) is 38.5 Å². The van der Waals surface area contributed by atoms with Crippen LogP contribution in [0.3, 0.4) is 0 Å². The molecule has 0 spiro atoms. The van der Waals surface area contributed by atoms with E-state index in [1.807, 2.05) is 0 Å². The number of hydroxylamine groups is 1. The second-order valence-corrected chi connectivity index (χ2v) is 4.12. The Hall–Kier alpha value is -1.94. The Morgan fingerprint density at radius 2 is 2.00 bits per heavy atom. The van der Waals surface area contributed by atoms with Gasteiger partial charge in [-0.25, -0.2) is 9.59 Å². The smallest absolute Gasteiger partial charge is 0.357 e. The quantitative estimate of drug-likeness (QED) is 0.193. The number of nitrogens with one attached hydrogen (secondary N) is 2. The number of aliphatic carboxylic acids is 1. The summed E-state index contributed by atoms with van der Waals surface area (Å²) < 4.78 is 5.06. The maximum Gasteiger partial charge on any atom is 0.357 e. The van der Waals surface area contributed by atoms with E-state index in [4.69, 9.17) is 14.6 Å². The molecule has 1 aromatic heterocycles. The predicted molar refractivity (Wildman–Crippen MR) is 69.0 cm³/mol. The summed E-state index contributed by atoms with van der Waals surface area (Å²) in [6.07, 6.45) is 1.05. The molecule has 0 aliphatic carbocycles. The van der Waals surface area contributed by atoms with Crippen molar-refractivity contribution in [3.05, 3.63) is 24.2 Å². The molecule has 0 amide bonds. The van der Waals surface area contributed by atoms with Gasteiger partial charge >= 0.3 is 11.9 Å². The number of hydrogen-bond donors (Lipinski definition) is 5. The molecule has 9 heteroatoms. The second-order valence-electron chi connectivity index (χ2n) is 4.12. The molecule has 1 unspecified atom stereocenters. The van der Waals surface area contributed by atoms with Crippen LogP contribution in [0.2, 0.25) is 0 Å². The van der Waals surface area contributed by atoms with Gasteiger partial charge in [0.25, 0.3) is 0 Å². The number of hydrogen-bond acceptors (Lipinski definition) is 8. The lowest BCUT2D eigenvalue weighted by Crippen LogP contribution is -2.62. The van der Waals surface area contributed by atoms with E-state index in [1.54, 1.807) is 6.07 Å². The molecule has 0 saturated carbocycles. The van der Waals surface area contributed by atoms with Crippen molar-refractivity contribution in [2.24, 2.45) is 0 Å². The molecule has 0 radical (unpaired) electrons. The molecule has 1 aromatic rings. The summed E-state index contributed by atoms with van der Waals surface area (Å²) in [5.41, 5.74) is 0.0469. The summed E-state index contributed by atoms with van der Waals surface area (Å²) in [5.74, 6) is -2.31. The zero-order valence-corrected chi connectivity index (χ0v) is 11.2. The van der Waals surface area contributed by atoms with Crippen molar-refractivity contribution in [2.75, 3.05) is 26.3 Å². The summed E-state index contributed by atoms with van der Waals surface area (Å²) in [6, 6.07) is 3.08. The lowest BCUT2D eigenvalue weighted by atomic mass is 9.93. The fraction of sp³-hybridized carbons (Fsp3) is 0.500. The first kappa shape index (κ1) is 17.1. The second kappa shape index (κ2) is 8.37. The van der Waals surface area contributed by atoms with E-state index < -0.39 is 17.5 Å². The van der Waals surface area contributed by atoms with Crippen LogP contribution in [0.15, 0.2) is 22.8 Å². The minimum Gasteiger partial charge on any atom is -0.479 e. The number of carbonyl (C=O) groups is 2. The molecule has 9 nitrogen and oxygen atoms in total. The number of β-amino-alcohol motifs (C(OH)–C–C–N with tert-alkyl or cyclic N) is 1. The number of carbonyl (C=O) groups excluding carboxylic acids is 1. The van der Waals surface area contributed by atoms with Crippen LogP contribution >= 0.6 is 0 Å². The zero-order valence-electron chi connectivity index (χ0n) is 11.2. The third-order valence-electron chi connectivity index (χ3n) is 2.65. The van der Waals surface area contributed by atoms with Crippen LogP contribution in [0.5, 0.6) is 0 Å². The van der Waals surface area contributed by atoms with Gasteiger partial charge in [-0.15, -0.1) is 0 Å². The Morgan fingerprint density at radius 1 is 1.29 bits per heavy atom. The Kier molecular flexibility index (Phi) is 6.82. The molecular formula is C12H18N2O7. The van der Waals surface area contributed by atoms with Crippen LogP contribution in [0.4, 0.5) is 0 Å². The minimum absolute atomic E-state index is 0.0395. The van der Waals surface area contributed by atoms with Gasteiger partial charge in [-0.2, -0.15) is 5.48 Å². The van der Waals surface area contributed by atoms with Crippen LogP contribution in [0.25, 0.3) is 0 Å². The maximum absolute atomic E-state index is 12.1. The van der Waals surface area contributed by atoms with Gasteiger partial charge in [0, 0.05) is 13.0 Å². The molecule has 0 saturated heterocycles. The molecule has 0 aliphatic heterocycles. The summed E-state index contributed by atoms with van der Waals surface area (Å²) in [4.78, 5) is 28.3. The number of furan rings is 1. The van der Waals surface area contributed by atoms with Gasteiger partial charge < -0.3 is 24.6 Å². The number of carboxylic acid groups (broad SMARTS) is 1. The Balaban J connectivity index is 2.93. The fourth-order valence-electron chi connectivity index (χ4n) is 1.64. The molecule has 5 N–H and O–H groups in total. The standard InChI is InChI=1S/C12H18N2O7/c15-5-3-13-12(10(17)18,8-9-2-1-7-20-9)11(19)21-14-4-6-16/h1-2,7,13-16H,3-6,8H2,(H,17,18). The average Bonchev–Trinajstić information content (AvgIpc) is 2.96. The van der Waals surface area contributed by atoms with Crippen molar-refractivity contribution in [1.29, 1.82) is 0 Å². The zero-order chi connectivity index (χ0) is 15.7. The monoisotopic (exact) mass is 302 g/mol. The Bertz CT molecular complexity index is 448. The Labute approximate surface area is 120 Å². The van der Waals surface area contributed by atoms with E-state index in [9.17, 15) is 14.7 Å². The number of aliphatic hydroxyl groups excluding tert-OH is 2. The van der Waals surface area contributed by atoms with Crippen molar-refractivity contribution in [2.45, 2.75) is 12.0 Å². The normalized spacial score (nSPS) is 13.6. The third-order valence-corrected chi connectivity index (χ3v) is 2.65. The number of rotatable bonds is 10. The molecular weight excluding hydrogens is 284 g/mol. The van der Waals surface area contributed by atoms with E-state index in [0.29, 0.717) is 0 Å². The lowest BCUT2D eigenvalue weighted by molar-refractivity contribution is -0.169. The van der Waals surface area contributed by atoms with Crippen LogP contribution in [0.1, 0.15) is 5.76 Å². The van der Waals surface area contributed by atoms with Crippen molar-refractivity contribution in [3.8, 4) is 0 Å². The summed E-state index contributed by atoms with van der Waals surface area (Å²) in [6.45, 7) is -0.801. The maximum atomic E-state index is 12.1. The van der Waals surface area contributed by atoms with Gasteiger partial charge in [0.15, 0.2) is 0 Å². The van der Waals surface area contributed by atoms with Crippen LogP contribution in [-0.2, 0) is 20.8 Å². The van der Waals surface area contributed by atoms with Gasteiger partial charge in [-0.1, -0.05) is 0 Å². The molecule has 0 aromatic carbocycles. The average molecular weight is 302 g/mol. The van der Waals surface area contributed by atoms with Crippen LogP contribution in [0, 0.1) is 0 Å². The van der Waals surface area contributed by atoms with Crippen molar-refractivity contribution < 1.29 is 34.2 Å². The molecule has 1 atom stereocenters. The highest BCUT2D eigenvalue weighted by molar-refractivity contribution is 6.04. The fourth-order valence-corrected chi connectivity index (χ4v) is 1.64. The van der Waals surface area contributed by atoms with E-state index >= 15 is 0 Å². The molecule has 118 valence electrons. The first-order valence-electron chi connectivity index (χ1n) is 6.23. The largest absolute Gasteiger partial charge is 0.479 e. The lowest BCUT2D eigenvalue weighted by Gasteiger charge is -2.27. The van der Waals surface area contributed by atoms with Gasteiger partial charge in [0.1, 0.15) is 5.76 Å². The topological polar surface area (TPSA) is 141 Å². The Morgan fingerprint density at radius 3 is 2.52 bits per heavy atom. The molecule has 0 aliphatic rings. The summed E-state index contributed by atoms with van der Waals surface area (Å²) >= 11 is 0. The van der Waals surface area contributed by atoms with Gasteiger partial charge in [-0.3, -0.25) is 5.32 Å². The molecule has 1 rings (SSSR count). The van der Waals surface area contributed by atoms with Crippen molar-refractivity contribution >= 4 is 11.9 Å². The molecule has 0 bridgehead atoms. The first-order valence-corrected chi connectivity index (χ1v) is 6.23. The summed E-state index contributed by atoms with van der Waals surface area (Å²) in [7, 11) is 0. The van der Waals surface area contributed by atoms with Crippen LogP contribution < -0.4 is 10.8 Å². The molecule has 21 heavy (non-hydrogen) atoms. The van der Waals surface area contributed by atoms with Gasteiger partial charge in [-0.05, 0) is 12.1 Å². The van der Waals surface area contributed by atoms with E-state index in [1.165, 1.54) is 12.3 Å². The SMILES string of the molecule is O=C(O)C(Cc1ccco1)(NCCO)C(=O)ONCCO. The van der Waals surface area contributed by atoms with Gasteiger partial charge in [0.05, 0.1) is 26.0 Å². The number of aliphatic hydroxyl groups is 2. The molecule has 0 fully saturated rings.